The molecule has 1 unspecified atom stereocenters. The monoisotopic (exact) mass is 296 g/mol. The van der Waals surface area contributed by atoms with E-state index in [4.69, 9.17) is 0 Å². The van der Waals surface area contributed by atoms with Gasteiger partial charge in [-0.25, -0.2) is 8.78 Å². The van der Waals surface area contributed by atoms with Crippen LogP contribution in [0.2, 0.25) is 0 Å². The van der Waals surface area contributed by atoms with E-state index in [1.54, 1.807) is 0 Å². The molecule has 1 N–H and O–H groups in total. The van der Waals surface area contributed by atoms with Crippen LogP contribution in [0.15, 0.2) is 18.2 Å². The highest BCUT2D eigenvalue weighted by Gasteiger charge is 2.43. The summed E-state index contributed by atoms with van der Waals surface area (Å²) < 4.78 is 65.6. The Morgan fingerprint density at radius 3 is 2.15 bits per heavy atom. The molecule has 0 spiro atoms. The summed E-state index contributed by atoms with van der Waals surface area (Å²) in [6, 6.07) is -0.168. The Morgan fingerprint density at radius 2 is 1.75 bits per heavy atom. The topological polar surface area (TPSA) is 32.3 Å². The highest BCUT2D eigenvalue weighted by Crippen LogP contribution is 2.35. The van der Waals surface area contributed by atoms with E-state index in [0.717, 1.165) is 23.1 Å². The van der Waals surface area contributed by atoms with Gasteiger partial charge in [0.05, 0.1) is 6.54 Å². The Balaban J connectivity index is 3.06. The molecule has 0 fully saturated rings. The molecule has 0 aromatic heterocycles. The molecule has 1 rings (SSSR count). The van der Waals surface area contributed by atoms with Crippen LogP contribution >= 0.6 is 0 Å². The van der Waals surface area contributed by atoms with Crippen molar-refractivity contribution >= 4 is 5.91 Å². The second kappa shape index (κ2) is 6.17. The lowest BCUT2D eigenvalue weighted by Gasteiger charge is -2.23. The van der Waals surface area contributed by atoms with Crippen LogP contribution < -0.4 is 5.32 Å². The normalized spacial score (nSPS) is 13.2. The predicted molar refractivity (Wildman–Crippen MR) is 61.9 cm³/mol. The van der Waals surface area contributed by atoms with Crippen LogP contribution in [0.1, 0.15) is 11.6 Å². The Morgan fingerprint density at radius 1 is 1.25 bits per heavy atom. The van der Waals surface area contributed by atoms with Gasteiger partial charge < -0.3 is 4.90 Å². The maximum Gasteiger partial charge on any atom is 0.408 e. The standard InChI is InChI=1S/C12H13F5N2O/c1-19(2)9(20)6-18-11(12(15,16)17)10-7(13)4-3-5-8(10)14/h3-5,11,18H,6H2,1-2H3. The Bertz CT molecular complexity index is 467. The molecule has 0 heterocycles. The number of carbonyl (C=O) groups excluding carboxylic acids is 1. The number of nitrogens with zero attached hydrogens (tertiary/aromatic N) is 1. The molecule has 0 aliphatic carbocycles. The fourth-order valence-electron chi connectivity index (χ4n) is 1.52. The minimum absolute atomic E-state index is 0.643. The molecule has 0 saturated heterocycles. The van der Waals surface area contributed by atoms with Gasteiger partial charge >= 0.3 is 6.18 Å². The summed E-state index contributed by atoms with van der Waals surface area (Å²) >= 11 is 0. The van der Waals surface area contributed by atoms with Crippen molar-refractivity contribution in [1.82, 2.24) is 10.2 Å². The van der Waals surface area contributed by atoms with Gasteiger partial charge in [0.1, 0.15) is 17.7 Å². The first-order chi connectivity index (χ1) is 9.14. The van der Waals surface area contributed by atoms with Crippen molar-refractivity contribution in [2.45, 2.75) is 12.2 Å². The van der Waals surface area contributed by atoms with E-state index in [9.17, 15) is 26.7 Å². The molecule has 112 valence electrons. The number of hydrogen-bond acceptors (Lipinski definition) is 2. The van der Waals surface area contributed by atoms with Crippen LogP contribution in [0, 0.1) is 11.6 Å². The number of benzene rings is 1. The SMILES string of the molecule is CN(C)C(=O)CNC(c1c(F)cccc1F)C(F)(F)F. The minimum atomic E-state index is -4.93. The van der Waals surface area contributed by atoms with E-state index < -0.39 is 41.9 Å². The van der Waals surface area contributed by atoms with E-state index >= 15 is 0 Å². The lowest BCUT2D eigenvalue weighted by Crippen LogP contribution is -2.41. The summed E-state index contributed by atoms with van der Waals surface area (Å²) in [5.41, 5.74) is -1.15. The fraction of sp³-hybridized carbons (Fsp3) is 0.417. The van der Waals surface area contributed by atoms with Gasteiger partial charge in [-0.2, -0.15) is 13.2 Å². The zero-order valence-electron chi connectivity index (χ0n) is 10.8. The number of alkyl halides is 3. The van der Waals surface area contributed by atoms with Crippen LogP contribution in [0.5, 0.6) is 0 Å². The highest BCUT2D eigenvalue weighted by molar-refractivity contribution is 5.77. The van der Waals surface area contributed by atoms with Gasteiger partial charge in [-0.3, -0.25) is 10.1 Å². The zero-order chi connectivity index (χ0) is 15.5. The van der Waals surface area contributed by atoms with Crippen LogP contribution in [0.4, 0.5) is 22.0 Å². The Hall–Kier alpha value is -1.70. The average Bonchev–Trinajstić information content (AvgIpc) is 2.30. The van der Waals surface area contributed by atoms with E-state index in [2.05, 4.69) is 0 Å². The van der Waals surface area contributed by atoms with Crippen molar-refractivity contribution in [3.63, 3.8) is 0 Å². The van der Waals surface area contributed by atoms with Gasteiger partial charge in [-0.05, 0) is 12.1 Å². The number of nitrogens with one attached hydrogen (secondary N) is 1. The number of hydrogen-bond donors (Lipinski definition) is 1. The molecule has 0 radical (unpaired) electrons. The van der Waals surface area contributed by atoms with E-state index in [1.807, 2.05) is 5.32 Å². The molecule has 20 heavy (non-hydrogen) atoms. The third-order valence-electron chi connectivity index (χ3n) is 2.57. The Labute approximate surface area is 112 Å². The molecule has 1 amide bonds. The number of likely N-dealkylation sites (N-methyl/N-ethyl adjacent to an activating group) is 1. The van der Waals surface area contributed by atoms with Crippen molar-refractivity contribution in [2.24, 2.45) is 0 Å². The third kappa shape index (κ3) is 3.89. The van der Waals surface area contributed by atoms with Gasteiger partial charge in [0.2, 0.25) is 5.91 Å². The number of rotatable bonds is 4. The summed E-state index contributed by atoms with van der Waals surface area (Å²) in [5.74, 6) is -3.29. The summed E-state index contributed by atoms with van der Waals surface area (Å²) in [6.45, 7) is -0.690. The first-order valence-electron chi connectivity index (χ1n) is 5.58. The smallest absolute Gasteiger partial charge is 0.348 e. The molecule has 0 aliphatic heterocycles. The van der Waals surface area contributed by atoms with Crippen molar-refractivity contribution in [1.29, 1.82) is 0 Å². The lowest BCUT2D eigenvalue weighted by atomic mass is 10.0. The van der Waals surface area contributed by atoms with E-state index in [-0.39, 0.29) is 0 Å². The molecule has 8 heteroatoms. The summed E-state index contributed by atoms with van der Waals surface area (Å²) in [4.78, 5) is 12.4. The molecule has 1 aromatic rings. The molecular formula is C12H13F5N2O. The van der Waals surface area contributed by atoms with E-state index in [1.165, 1.54) is 14.1 Å². The molecular weight excluding hydrogens is 283 g/mol. The number of halogens is 5. The molecule has 0 saturated carbocycles. The van der Waals surface area contributed by atoms with Gasteiger partial charge in [0, 0.05) is 19.7 Å². The number of carbonyl (C=O) groups is 1. The first-order valence-corrected chi connectivity index (χ1v) is 5.58. The van der Waals surface area contributed by atoms with Gasteiger partial charge in [0.25, 0.3) is 0 Å². The van der Waals surface area contributed by atoms with Crippen molar-refractivity contribution in [2.75, 3.05) is 20.6 Å². The second-order valence-electron chi connectivity index (χ2n) is 4.28. The van der Waals surface area contributed by atoms with Crippen molar-refractivity contribution in [3.05, 3.63) is 35.4 Å². The van der Waals surface area contributed by atoms with Crippen LogP contribution in [0.3, 0.4) is 0 Å². The lowest BCUT2D eigenvalue weighted by molar-refractivity contribution is -0.160. The van der Waals surface area contributed by atoms with Crippen LogP contribution in [-0.4, -0.2) is 37.6 Å². The summed E-state index contributed by atoms with van der Waals surface area (Å²) in [5, 5.41) is 1.84. The fourth-order valence-corrected chi connectivity index (χ4v) is 1.52. The highest BCUT2D eigenvalue weighted by atomic mass is 19.4. The van der Waals surface area contributed by atoms with Crippen LogP contribution in [-0.2, 0) is 4.79 Å². The molecule has 1 atom stereocenters. The molecule has 3 nitrogen and oxygen atoms in total. The second-order valence-corrected chi connectivity index (χ2v) is 4.28. The largest absolute Gasteiger partial charge is 0.408 e. The average molecular weight is 296 g/mol. The summed E-state index contributed by atoms with van der Waals surface area (Å²) in [6.07, 6.45) is -4.93. The first kappa shape index (κ1) is 16.4. The predicted octanol–water partition coefficient (Wildman–Crippen LogP) is 2.25. The van der Waals surface area contributed by atoms with Crippen LogP contribution in [0.25, 0.3) is 0 Å². The maximum absolute atomic E-state index is 13.4. The minimum Gasteiger partial charge on any atom is -0.348 e. The van der Waals surface area contributed by atoms with Crippen molar-refractivity contribution < 1.29 is 26.7 Å². The molecule has 1 aromatic carbocycles. The van der Waals surface area contributed by atoms with Gasteiger partial charge in [0.15, 0.2) is 0 Å². The number of amides is 1. The molecule has 0 aliphatic rings. The maximum atomic E-state index is 13.4. The quantitative estimate of drug-likeness (QED) is 0.864. The molecule has 0 bridgehead atoms. The van der Waals surface area contributed by atoms with Crippen molar-refractivity contribution in [3.8, 4) is 0 Å². The van der Waals surface area contributed by atoms with E-state index in [0.29, 0.717) is 0 Å². The zero-order valence-corrected chi connectivity index (χ0v) is 10.8. The third-order valence-corrected chi connectivity index (χ3v) is 2.57. The van der Waals surface area contributed by atoms with Gasteiger partial charge in [-0.15, -0.1) is 0 Å². The summed E-state index contributed by atoms with van der Waals surface area (Å²) in [7, 11) is 2.71. The Kier molecular flexibility index (Phi) is 5.04. The van der Waals surface area contributed by atoms with Gasteiger partial charge in [-0.1, -0.05) is 6.07 Å².